The van der Waals surface area contributed by atoms with E-state index in [2.05, 4.69) is 121 Å². The van der Waals surface area contributed by atoms with Crippen molar-refractivity contribution in [2.24, 2.45) is 0 Å². The molecular weight excluding hydrogens is 609 g/mol. The number of hydrogen-bond acceptors (Lipinski definition) is 4. The van der Waals surface area contributed by atoms with Crippen LogP contribution in [0.3, 0.4) is 0 Å². The molecule has 0 saturated heterocycles. The summed E-state index contributed by atoms with van der Waals surface area (Å²) in [6, 6.07) is 62.6. The Morgan fingerprint density at radius 2 is 0.740 bits per heavy atom. The molecule has 9 rings (SSSR count). The van der Waals surface area contributed by atoms with Crippen molar-refractivity contribution in [1.82, 2.24) is 19.9 Å². The van der Waals surface area contributed by atoms with Crippen molar-refractivity contribution in [3.05, 3.63) is 182 Å². The van der Waals surface area contributed by atoms with Gasteiger partial charge in [-0.1, -0.05) is 164 Å². The predicted octanol–water partition coefficient (Wildman–Crippen LogP) is 11.6. The monoisotopic (exact) mass is 638 g/mol. The van der Waals surface area contributed by atoms with Crippen LogP contribution in [0.4, 0.5) is 0 Å². The molecule has 0 N–H and O–H groups in total. The Morgan fingerprint density at radius 1 is 0.280 bits per heavy atom. The van der Waals surface area contributed by atoms with Crippen LogP contribution in [0.2, 0.25) is 0 Å². The average Bonchev–Trinajstić information content (AvgIpc) is 3.21. The molecule has 0 radical (unpaired) electrons. The fourth-order valence-corrected chi connectivity index (χ4v) is 6.52. The number of benzene rings is 6. The highest BCUT2D eigenvalue weighted by Gasteiger charge is 2.17. The third kappa shape index (κ3) is 5.59. The first-order valence-corrected chi connectivity index (χ1v) is 16.7. The molecule has 0 saturated carbocycles. The minimum absolute atomic E-state index is 0.668. The molecule has 3 aromatic heterocycles. The zero-order valence-electron chi connectivity index (χ0n) is 27.1. The largest absolute Gasteiger partial charge is 0.245 e. The summed E-state index contributed by atoms with van der Waals surface area (Å²) < 4.78 is 0. The van der Waals surface area contributed by atoms with Crippen LogP contribution >= 0.6 is 0 Å². The Hall–Kier alpha value is -6.78. The highest BCUT2D eigenvalue weighted by Crippen LogP contribution is 2.37. The Morgan fingerprint density at radius 3 is 1.40 bits per heavy atom. The van der Waals surface area contributed by atoms with Gasteiger partial charge in [-0.05, 0) is 29.3 Å². The van der Waals surface area contributed by atoms with Crippen molar-refractivity contribution in [1.29, 1.82) is 0 Å². The summed E-state index contributed by atoms with van der Waals surface area (Å²) in [6.07, 6.45) is 0. The first kappa shape index (κ1) is 29.4. The number of hydrogen-bond donors (Lipinski definition) is 0. The van der Waals surface area contributed by atoms with Gasteiger partial charge < -0.3 is 0 Å². The molecule has 0 fully saturated rings. The fourth-order valence-electron chi connectivity index (χ4n) is 6.52. The van der Waals surface area contributed by atoms with Crippen LogP contribution in [0.25, 0.3) is 89.4 Å². The lowest BCUT2D eigenvalue weighted by Crippen LogP contribution is -1.98. The summed E-state index contributed by atoms with van der Waals surface area (Å²) in [5.41, 5.74) is 12.5. The summed E-state index contributed by atoms with van der Waals surface area (Å²) in [5.74, 6) is 0.668. The van der Waals surface area contributed by atoms with E-state index in [9.17, 15) is 0 Å². The Kier molecular flexibility index (Phi) is 7.45. The van der Waals surface area contributed by atoms with Crippen molar-refractivity contribution in [2.75, 3.05) is 0 Å². The summed E-state index contributed by atoms with van der Waals surface area (Å²) in [6.45, 7) is 0. The molecule has 0 aliphatic carbocycles. The number of pyridine rings is 2. The number of nitrogens with zero attached hydrogens (tertiary/aromatic N) is 4. The maximum atomic E-state index is 5.29. The van der Waals surface area contributed by atoms with Gasteiger partial charge in [0.25, 0.3) is 0 Å². The van der Waals surface area contributed by atoms with Crippen molar-refractivity contribution in [3.8, 4) is 67.5 Å². The van der Waals surface area contributed by atoms with Crippen molar-refractivity contribution < 1.29 is 0 Å². The molecule has 6 aromatic carbocycles. The topological polar surface area (TPSA) is 51.6 Å². The first-order chi connectivity index (χ1) is 24.8. The van der Waals surface area contributed by atoms with Gasteiger partial charge >= 0.3 is 0 Å². The van der Waals surface area contributed by atoms with Gasteiger partial charge in [-0.3, -0.25) is 0 Å². The van der Waals surface area contributed by atoms with Gasteiger partial charge in [-0.25, -0.2) is 19.9 Å². The first-order valence-electron chi connectivity index (χ1n) is 16.7. The molecule has 0 aliphatic rings. The van der Waals surface area contributed by atoms with E-state index in [0.717, 1.165) is 78.0 Å². The Balaban J connectivity index is 1.29. The van der Waals surface area contributed by atoms with E-state index in [1.807, 2.05) is 60.7 Å². The van der Waals surface area contributed by atoms with Gasteiger partial charge in [0, 0.05) is 38.6 Å². The highest BCUT2D eigenvalue weighted by molar-refractivity contribution is 6.09. The maximum Gasteiger partial charge on any atom is 0.160 e. The minimum Gasteiger partial charge on any atom is -0.245 e. The second-order valence-electron chi connectivity index (χ2n) is 12.3. The van der Waals surface area contributed by atoms with E-state index in [4.69, 9.17) is 19.9 Å². The van der Waals surface area contributed by atoms with Crippen LogP contribution in [0.1, 0.15) is 0 Å². The van der Waals surface area contributed by atoms with Crippen LogP contribution in [0, 0.1) is 0 Å². The maximum absolute atomic E-state index is 5.29. The molecule has 0 amide bonds. The molecule has 0 aliphatic heterocycles. The number of aromatic nitrogens is 4. The summed E-state index contributed by atoms with van der Waals surface area (Å²) in [5, 5.41) is 2.02. The van der Waals surface area contributed by atoms with E-state index in [-0.39, 0.29) is 0 Å². The second kappa shape index (κ2) is 12.7. The third-order valence-electron chi connectivity index (χ3n) is 9.10. The van der Waals surface area contributed by atoms with Gasteiger partial charge in [0.05, 0.1) is 33.8 Å². The Bertz CT molecular complexity index is 2600. The van der Waals surface area contributed by atoms with Crippen LogP contribution in [-0.4, -0.2) is 19.9 Å². The van der Waals surface area contributed by atoms with E-state index in [0.29, 0.717) is 5.82 Å². The highest BCUT2D eigenvalue weighted by atomic mass is 14.9. The summed E-state index contributed by atoms with van der Waals surface area (Å²) >= 11 is 0. The summed E-state index contributed by atoms with van der Waals surface area (Å²) in [4.78, 5) is 20.9. The number of fused-ring (bicyclic) bond motifs is 3. The van der Waals surface area contributed by atoms with E-state index < -0.39 is 0 Å². The van der Waals surface area contributed by atoms with Gasteiger partial charge in [0.1, 0.15) is 0 Å². The molecule has 4 heteroatoms. The fraction of sp³-hybridized carbons (Fsp3) is 0. The molecule has 0 atom stereocenters. The van der Waals surface area contributed by atoms with E-state index in [1.165, 1.54) is 5.56 Å². The average molecular weight is 639 g/mol. The van der Waals surface area contributed by atoms with Crippen molar-refractivity contribution in [2.45, 2.75) is 0 Å². The van der Waals surface area contributed by atoms with Crippen LogP contribution in [0.15, 0.2) is 182 Å². The molecule has 0 spiro atoms. The zero-order valence-corrected chi connectivity index (χ0v) is 27.1. The van der Waals surface area contributed by atoms with E-state index in [1.54, 1.807) is 0 Å². The van der Waals surface area contributed by atoms with Gasteiger partial charge in [0.2, 0.25) is 0 Å². The predicted molar refractivity (Wildman–Crippen MR) is 205 cm³/mol. The van der Waals surface area contributed by atoms with Crippen LogP contribution in [-0.2, 0) is 0 Å². The standard InChI is InChI=1S/C46H30N4/c1-5-13-31(14-6-1)32-21-23-35(24-22-32)42-30-43(50-46(49-42)37-19-11-4-12-20-37)39-29-41(34-17-9-3-10-18-34)48-45-38(39)27-25-36-26-28-40(47-44(36)45)33-15-7-2-8-16-33/h1-30H. The lowest BCUT2D eigenvalue weighted by molar-refractivity contribution is 1.18. The molecular formula is C46H30N4. The van der Waals surface area contributed by atoms with Gasteiger partial charge in [0.15, 0.2) is 5.82 Å². The van der Waals surface area contributed by atoms with Gasteiger partial charge in [-0.15, -0.1) is 0 Å². The van der Waals surface area contributed by atoms with Crippen molar-refractivity contribution in [3.63, 3.8) is 0 Å². The minimum atomic E-state index is 0.668. The second-order valence-corrected chi connectivity index (χ2v) is 12.3. The molecule has 0 unspecified atom stereocenters. The SMILES string of the molecule is c1ccc(-c2ccc(-c3cc(-c4cc(-c5ccccc5)nc5c4ccc4ccc(-c6ccccc6)nc45)nc(-c4ccccc4)n3)cc2)cc1. The Labute approximate surface area is 290 Å². The van der Waals surface area contributed by atoms with E-state index >= 15 is 0 Å². The normalized spacial score (nSPS) is 11.2. The lowest BCUT2D eigenvalue weighted by atomic mass is 9.98. The third-order valence-corrected chi connectivity index (χ3v) is 9.10. The molecule has 3 heterocycles. The van der Waals surface area contributed by atoms with Crippen molar-refractivity contribution >= 4 is 21.8 Å². The molecule has 50 heavy (non-hydrogen) atoms. The van der Waals surface area contributed by atoms with Gasteiger partial charge in [-0.2, -0.15) is 0 Å². The number of rotatable bonds is 6. The quantitative estimate of drug-likeness (QED) is 0.170. The molecule has 0 bridgehead atoms. The lowest BCUT2D eigenvalue weighted by Gasteiger charge is -2.14. The summed E-state index contributed by atoms with van der Waals surface area (Å²) in [7, 11) is 0. The smallest absolute Gasteiger partial charge is 0.160 e. The van der Waals surface area contributed by atoms with Crippen LogP contribution in [0.5, 0.6) is 0 Å². The van der Waals surface area contributed by atoms with Crippen LogP contribution < -0.4 is 0 Å². The zero-order chi connectivity index (χ0) is 33.3. The molecule has 4 nitrogen and oxygen atoms in total. The molecule has 234 valence electrons. The molecule has 9 aromatic rings.